The fourth-order valence-electron chi connectivity index (χ4n) is 1.47. The zero-order valence-electron chi connectivity index (χ0n) is 10.9. The SMILES string of the molecule is COCC(C)NC(=NCc1ccc(F)c(F)c1)NN. The molecule has 1 aromatic carbocycles. The quantitative estimate of drug-likeness (QED) is 0.322. The predicted octanol–water partition coefficient (Wildman–Crippen LogP) is 0.909. The maximum atomic E-state index is 13.0. The molecule has 1 rings (SSSR count). The molecule has 4 N–H and O–H groups in total. The van der Waals surface area contributed by atoms with Crippen LogP contribution >= 0.6 is 0 Å². The maximum absolute atomic E-state index is 13.0. The maximum Gasteiger partial charge on any atom is 0.206 e. The van der Waals surface area contributed by atoms with E-state index in [4.69, 9.17) is 10.6 Å². The fraction of sp³-hybridized carbons (Fsp3) is 0.417. The molecule has 0 aliphatic rings. The summed E-state index contributed by atoms with van der Waals surface area (Å²) < 4.78 is 30.7. The Morgan fingerprint density at radius 1 is 1.42 bits per heavy atom. The normalized spacial score (nSPS) is 13.2. The number of nitrogens with two attached hydrogens (primary N) is 1. The molecule has 0 heterocycles. The number of rotatable bonds is 5. The van der Waals surface area contributed by atoms with E-state index in [2.05, 4.69) is 15.7 Å². The third kappa shape index (κ3) is 5.19. The van der Waals surface area contributed by atoms with Gasteiger partial charge in [-0.15, -0.1) is 0 Å². The monoisotopic (exact) mass is 272 g/mol. The molecule has 1 aromatic rings. The largest absolute Gasteiger partial charge is 0.383 e. The third-order valence-electron chi connectivity index (χ3n) is 2.34. The molecule has 0 saturated heterocycles. The summed E-state index contributed by atoms with van der Waals surface area (Å²) in [5.74, 6) is 3.90. The van der Waals surface area contributed by atoms with Crippen molar-refractivity contribution < 1.29 is 13.5 Å². The Balaban J connectivity index is 2.63. The van der Waals surface area contributed by atoms with E-state index < -0.39 is 11.6 Å². The third-order valence-corrected chi connectivity index (χ3v) is 2.34. The van der Waals surface area contributed by atoms with Crippen molar-refractivity contribution in [1.82, 2.24) is 10.7 Å². The van der Waals surface area contributed by atoms with Crippen LogP contribution in [0.3, 0.4) is 0 Å². The molecule has 0 fully saturated rings. The molecular weight excluding hydrogens is 254 g/mol. The van der Waals surface area contributed by atoms with E-state index in [-0.39, 0.29) is 12.6 Å². The Kier molecular flexibility index (Phi) is 6.17. The van der Waals surface area contributed by atoms with Crippen molar-refractivity contribution in [2.75, 3.05) is 13.7 Å². The molecule has 0 bridgehead atoms. The van der Waals surface area contributed by atoms with Gasteiger partial charge in [-0.2, -0.15) is 0 Å². The minimum Gasteiger partial charge on any atom is -0.383 e. The molecule has 106 valence electrons. The zero-order chi connectivity index (χ0) is 14.3. The highest BCUT2D eigenvalue weighted by molar-refractivity contribution is 5.79. The molecule has 0 radical (unpaired) electrons. The topological polar surface area (TPSA) is 71.7 Å². The molecule has 0 saturated carbocycles. The number of ether oxygens (including phenoxy) is 1. The zero-order valence-corrected chi connectivity index (χ0v) is 10.9. The van der Waals surface area contributed by atoms with Crippen LogP contribution in [0.15, 0.2) is 23.2 Å². The molecule has 0 aromatic heterocycles. The summed E-state index contributed by atoms with van der Waals surface area (Å²) in [4.78, 5) is 4.13. The van der Waals surface area contributed by atoms with Crippen molar-refractivity contribution in [3.8, 4) is 0 Å². The molecule has 0 aliphatic carbocycles. The van der Waals surface area contributed by atoms with Gasteiger partial charge in [0.2, 0.25) is 5.96 Å². The second kappa shape index (κ2) is 7.65. The van der Waals surface area contributed by atoms with Crippen molar-refractivity contribution >= 4 is 5.96 Å². The van der Waals surface area contributed by atoms with Crippen molar-refractivity contribution in [3.05, 3.63) is 35.4 Å². The number of nitrogens with one attached hydrogen (secondary N) is 2. The average molecular weight is 272 g/mol. The minimum atomic E-state index is -0.893. The van der Waals surface area contributed by atoms with Gasteiger partial charge in [0.15, 0.2) is 11.6 Å². The van der Waals surface area contributed by atoms with Crippen LogP contribution in [0.25, 0.3) is 0 Å². The van der Waals surface area contributed by atoms with E-state index in [9.17, 15) is 8.78 Å². The van der Waals surface area contributed by atoms with Gasteiger partial charge in [0, 0.05) is 13.2 Å². The van der Waals surface area contributed by atoms with Crippen LogP contribution < -0.4 is 16.6 Å². The van der Waals surface area contributed by atoms with Crippen LogP contribution in [0.2, 0.25) is 0 Å². The number of nitrogens with zero attached hydrogens (tertiary/aromatic N) is 1. The molecule has 0 amide bonds. The predicted molar refractivity (Wildman–Crippen MR) is 69.3 cm³/mol. The van der Waals surface area contributed by atoms with Gasteiger partial charge < -0.3 is 10.1 Å². The first-order valence-electron chi connectivity index (χ1n) is 5.77. The van der Waals surface area contributed by atoms with Crippen LogP contribution in [-0.4, -0.2) is 25.7 Å². The lowest BCUT2D eigenvalue weighted by atomic mass is 10.2. The van der Waals surface area contributed by atoms with Crippen LogP contribution in [0.4, 0.5) is 8.78 Å². The van der Waals surface area contributed by atoms with Crippen LogP contribution in [0, 0.1) is 11.6 Å². The highest BCUT2D eigenvalue weighted by Crippen LogP contribution is 2.09. The number of methoxy groups -OCH3 is 1. The van der Waals surface area contributed by atoms with Crippen molar-refractivity contribution in [2.24, 2.45) is 10.8 Å². The van der Waals surface area contributed by atoms with Gasteiger partial charge in [0.1, 0.15) is 0 Å². The van der Waals surface area contributed by atoms with Gasteiger partial charge in [-0.3, -0.25) is 5.43 Å². The van der Waals surface area contributed by atoms with Crippen molar-refractivity contribution in [1.29, 1.82) is 0 Å². The summed E-state index contributed by atoms with van der Waals surface area (Å²) in [6, 6.07) is 3.65. The molecule has 1 unspecified atom stereocenters. The summed E-state index contributed by atoms with van der Waals surface area (Å²) in [6.45, 7) is 2.57. The van der Waals surface area contributed by atoms with E-state index in [1.54, 1.807) is 7.11 Å². The van der Waals surface area contributed by atoms with E-state index in [0.717, 1.165) is 12.1 Å². The van der Waals surface area contributed by atoms with E-state index >= 15 is 0 Å². The second-order valence-corrected chi connectivity index (χ2v) is 4.06. The molecule has 7 heteroatoms. The van der Waals surface area contributed by atoms with Gasteiger partial charge in [0.25, 0.3) is 0 Å². The Hall–Kier alpha value is -1.73. The summed E-state index contributed by atoms with van der Waals surface area (Å²) in [5.41, 5.74) is 2.95. The van der Waals surface area contributed by atoms with Gasteiger partial charge >= 0.3 is 0 Å². The number of guanidine groups is 1. The van der Waals surface area contributed by atoms with Crippen molar-refractivity contribution in [2.45, 2.75) is 19.5 Å². The standard InChI is InChI=1S/C12H18F2N4O/c1-8(7-19-2)17-12(18-15)16-6-9-3-4-10(13)11(14)5-9/h3-5,8H,6-7,15H2,1-2H3,(H2,16,17,18). The lowest BCUT2D eigenvalue weighted by molar-refractivity contribution is 0.179. The van der Waals surface area contributed by atoms with Crippen molar-refractivity contribution in [3.63, 3.8) is 0 Å². The van der Waals surface area contributed by atoms with Crippen LogP contribution in [-0.2, 0) is 11.3 Å². The van der Waals surface area contributed by atoms with E-state index in [1.165, 1.54) is 6.07 Å². The van der Waals surface area contributed by atoms with Gasteiger partial charge in [-0.1, -0.05) is 6.07 Å². The Bertz CT molecular complexity index is 440. The highest BCUT2D eigenvalue weighted by Gasteiger charge is 2.05. The lowest BCUT2D eigenvalue weighted by Crippen LogP contribution is -2.46. The van der Waals surface area contributed by atoms with Crippen LogP contribution in [0.1, 0.15) is 12.5 Å². The molecular formula is C12H18F2N4O. The number of hydrogen-bond acceptors (Lipinski definition) is 3. The first-order chi connectivity index (χ1) is 9.06. The lowest BCUT2D eigenvalue weighted by Gasteiger charge is -2.15. The summed E-state index contributed by atoms with van der Waals surface area (Å²) in [6.07, 6.45) is 0. The van der Waals surface area contributed by atoms with Gasteiger partial charge in [-0.25, -0.2) is 19.6 Å². The number of aliphatic imine (C=N–C) groups is 1. The Labute approximate surface area is 110 Å². The molecule has 5 nitrogen and oxygen atoms in total. The Morgan fingerprint density at radius 2 is 2.16 bits per heavy atom. The van der Waals surface area contributed by atoms with E-state index in [0.29, 0.717) is 18.1 Å². The first kappa shape index (κ1) is 15.3. The highest BCUT2D eigenvalue weighted by atomic mass is 19.2. The number of hydrazine groups is 1. The van der Waals surface area contributed by atoms with E-state index in [1.807, 2.05) is 6.92 Å². The molecule has 1 atom stereocenters. The smallest absolute Gasteiger partial charge is 0.206 e. The summed E-state index contributed by atoms with van der Waals surface area (Å²) in [5, 5.41) is 2.98. The summed E-state index contributed by atoms with van der Waals surface area (Å²) >= 11 is 0. The second-order valence-electron chi connectivity index (χ2n) is 4.06. The summed E-state index contributed by atoms with van der Waals surface area (Å²) in [7, 11) is 1.59. The fourth-order valence-corrected chi connectivity index (χ4v) is 1.47. The average Bonchev–Trinajstić information content (AvgIpc) is 2.38. The molecule has 19 heavy (non-hydrogen) atoms. The molecule has 0 spiro atoms. The van der Waals surface area contributed by atoms with Crippen LogP contribution in [0.5, 0.6) is 0 Å². The number of benzene rings is 1. The van der Waals surface area contributed by atoms with Gasteiger partial charge in [0.05, 0.1) is 13.2 Å². The minimum absolute atomic E-state index is 0.0183. The first-order valence-corrected chi connectivity index (χ1v) is 5.77. The molecule has 0 aliphatic heterocycles. The Morgan fingerprint density at radius 3 is 2.74 bits per heavy atom. The van der Waals surface area contributed by atoms with Gasteiger partial charge in [-0.05, 0) is 24.6 Å². The number of hydrogen-bond donors (Lipinski definition) is 3. The number of halogens is 2.